The van der Waals surface area contributed by atoms with Crippen LogP contribution in [0.4, 0.5) is 0 Å². The normalized spacial score (nSPS) is 11.9. The zero-order chi connectivity index (χ0) is 14.2. The van der Waals surface area contributed by atoms with Crippen molar-refractivity contribution in [2.24, 2.45) is 21.5 Å². The first-order valence-electron chi connectivity index (χ1n) is 6.77. The Hall–Kier alpha value is -2.04. The molecule has 104 valence electrons. The van der Waals surface area contributed by atoms with Crippen LogP contribution in [0.1, 0.15) is 11.1 Å². The minimum atomic E-state index is 0.579. The van der Waals surface area contributed by atoms with Crippen LogP contribution in [-0.2, 0) is 0 Å². The van der Waals surface area contributed by atoms with Gasteiger partial charge >= 0.3 is 0 Å². The summed E-state index contributed by atoms with van der Waals surface area (Å²) in [7, 11) is 0. The monoisotopic (exact) mass is 268 g/mol. The van der Waals surface area contributed by atoms with Crippen molar-refractivity contribution in [2.75, 3.05) is 26.2 Å². The van der Waals surface area contributed by atoms with Gasteiger partial charge in [0, 0.05) is 25.5 Å². The molecule has 4 N–H and O–H groups in total. The first-order valence-corrected chi connectivity index (χ1v) is 6.77. The minimum absolute atomic E-state index is 0.579. The van der Waals surface area contributed by atoms with Crippen LogP contribution in [0.25, 0.3) is 10.8 Å². The zero-order valence-corrected chi connectivity index (χ0v) is 11.5. The average molecular weight is 268 g/mol. The summed E-state index contributed by atoms with van der Waals surface area (Å²) in [5.41, 5.74) is 13.0. The number of fused-ring (bicyclic) bond motifs is 1. The fourth-order valence-corrected chi connectivity index (χ4v) is 1.93. The molecule has 20 heavy (non-hydrogen) atoms. The topological polar surface area (TPSA) is 76.8 Å². The van der Waals surface area contributed by atoms with E-state index in [9.17, 15) is 0 Å². The fraction of sp³-hybridized carbons (Fsp3) is 0.250. The number of hydrogen-bond donors (Lipinski definition) is 2. The van der Waals surface area contributed by atoms with Crippen LogP contribution in [0, 0.1) is 0 Å². The van der Waals surface area contributed by atoms with Crippen LogP contribution in [0.5, 0.6) is 0 Å². The highest BCUT2D eigenvalue weighted by molar-refractivity contribution is 5.94. The van der Waals surface area contributed by atoms with Gasteiger partial charge in [0.05, 0.1) is 13.1 Å². The summed E-state index contributed by atoms with van der Waals surface area (Å²) in [6.07, 6.45) is 3.73. The van der Waals surface area contributed by atoms with E-state index in [0.717, 1.165) is 11.1 Å². The quantitative estimate of drug-likeness (QED) is 0.781. The molecule has 0 spiro atoms. The second-order valence-corrected chi connectivity index (χ2v) is 4.51. The zero-order valence-electron chi connectivity index (χ0n) is 11.5. The van der Waals surface area contributed by atoms with E-state index in [-0.39, 0.29) is 0 Å². The molecule has 0 bridgehead atoms. The molecule has 0 aliphatic heterocycles. The molecule has 0 aromatic heterocycles. The molecule has 0 amide bonds. The fourth-order valence-electron chi connectivity index (χ4n) is 1.93. The first kappa shape index (κ1) is 14.4. The molecule has 0 unspecified atom stereocenters. The average Bonchev–Trinajstić information content (AvgIpc) is 2.48. The van der Waals surface area contributed by atoms with Gasteiger partial charge in [0.2, 0.25) is 0 Å². The predicted octanol–water partition coefficient (Wildman–Crippen LogP) is 1.59. The van der Waals surface area contributed by atoms with Gasteiger partial charge in [-0.1, -0.05) is 24.3 Å². The van der Waals surface area contributed by atoms with E-state index in [2.05, 4.69) is 46.4 Å². The lowest BCUT2D eigenvalue weighted by Gasteiger charge is -2.01. The molecule has 0 aliphatic carbocycles. The van der Waals surface area contributed by atoms with E-state index in [0.29, 0.717) is 26.2 Å². The van der Waals surface area contributed by atoms with Gasteiger partial charge in [-0.25, -0.2) is 0 Å². The molecule has 0 fully saturated rings. The van der Waals surface area contributed by atoms with Crippen LogP contribution in [0.2, 0.25) is 0 Å². The van der Waals surface area contributed by atoms with Crippen LogP contribution < -0.4 is 11.5 Å². The molecular weight excluding hydrogens is 248 g/mol. The molecule has 4 heteroatoms. The van der Waals surface area contributed by atoms with E-state index < -0.39 is 0 Å². The second kappa shape index (κ2) is 7.53. The lowest BCUT2D eigenvalue weighted by Crippen LogP contribution is -2.02. The number of aliphatic imine (C=N–C) groups is 2. The number of hydrogen-bond acceptors (Lipinski definition) is 4. The molecule has 0 aliphatic rings. The molecule has 0 saturated heterocycles. The lowest BCUT2D eigenvalue weighted by molar-refractivity contribution is 0.980. The smallest absolute Gasteiger partial charge is 0.0512 e. The van der Waals surface area contributed by atoms with Crippen molar-refractivity contribution in [3.05, 3.63) is 47.5 Å². The number of benzene rings is 2. The summed E-state index contributed by atoms with van der Waals surface area (Å²) >= 11 is 0. The van der Waals surface area contributed by atoms with Crippen LogP contribution in [0.15, 0.2) is 46.4 Å². The molecule has 0 saturated carbocycles. The Morgan fingerprint density at radius 3 is 1.60 bits per heavy atom. The molecule has 0 radical (unpaired) electrons. The molecule has 2 rings (SSSR count). The van der Waals surface area contributed by atoms with Crippen molar-refractivity contribution in [1.29, 1.82) is 0 Å². The van der Waals surface area contributed by atoms with Crippen molar-refractivity contribution in [2.45, 2.75) is 0 Å². The highest BCUT2D eigenvalue weighted by atomic mass is 14.7. The molecule has 0 atom stereocenters. The summed E-state index contributed by atoms with van der Waals surface area (Å²) in [5, 5.41) is 2.38. The highest BCUT2D eigenvalue weighted by Gasteiger charge is 1.96. The number of rotatable bonds is 6. The lowest BCUT2D eigenvalue weighted by atomic mass is 10.0. The Kier molecular flexibility index (Phi) is 5.41. The highest BCUT2D eigenvalue weighted by Crippen LogP contribution is 2.16. The SMILES string of the molecule is NCCN=Cc1ccc2cc(C=NCCN)ccc2c1. The van der Waals surface area contributed by atoms with Crippen LogP contribution in [0.3, 0.4) is 0 Å². The maximum Gasteiger partial charge on any atom is 0.0512 e. The van der Waals surface area contributed by atoms with Gasteiger partial charge in [-0.3, -0.25) is 9.98 Å². The summed E-state index contributed by atoms with van der Waals surface area (Å²) < 4.78 is 0. The van der Waals surface area contributed by atoms with Crippen molar-refractivity contribution in [3.63, 3.8) is 0 Å². The summed E-state index contributed by atoms with van der Waals surface area (Å²) in [6.45, 7) is 2.48. The Morgan fingerprint density at radius 1 is 0.750 bits per heavy atom. The van der Waals surface area contributed by atoms with Gasteiger partial charge in [-0.2, -0.15) is 0 Å². The van der Waals surface area contributed by atoms with Gasteiger partial charge in [-0.05, 0) is 34.0 Å². The van der Waals surface area contributed by atoms with Crippen molar-refractivity contribution >= 4 is 23.2 Å². The van der Waals surface area contributed by atoms with Crippen molar-refractivity contribution in [1.82, 2.24) is 0 Å². The van der Waals surface area contributed by atoms with E-state index >= 15 is 0 Å². The molecule has 0 heterocycles. The van der Waals surface area contributed by atoms with E-state index in [4.69, 9.17) is 11.5 Å². The number of nitrogens with two attached hydrogens (primary N) is 2. The van der Waals surface area contributed by atoms with E-state index in [1.807, 2.05) is 12.4 Å². The van der Waals surface area contributed by atoms with Gasteiger partial charge in [0.15, 0.2) is 0 Å². The van der Waals surface area contributed by atoms with Crippen molar-refractivity contribution < 1.29 is 0 Å². The largest absolute Gasteiger partial charge is 0.329 e. The second-order valence-electron chi connectivity index (χ2n) is 4.51. The third-order valence-corrected chi connectivity index (χ3v) is 2.89. The predicted molar refractivity (Wildman–Crippen MR) is 87.0 cm³/mol. The van der Waals surface area contributed by atoms with Gasteiger partial charge in [-0.15, -0.1) is 0 Å². The number of nitrogens with zero attached hydrogens (tertiary/aromatic N) is 2. The molecule has 2 aromatic carbocycles. The van der Waals surface area contributed by atoms with E-state index in [1.165, 1.54) is 10.8 Å². The molecular formula is C16H20N4. The Bertz CT molecular complexity index is 562. The first-order chi connectivity index (χ1) is 9.83. The Morgan fingerprint density at radius 2 is 1.20 bits per heavy atom. The van der Waals surface area contributed by atoms with Gasteiger partial charge in [0.25, 0.3) is 0 Å². The molecule has 2 aromatic rings. The third-order valence-electron chi connectivity index (χ3n) is 2.89. The standard InChI is InChI=1S/C16H20N4/c17-5-7-19-11-13-1-3-15-10-14(12-20-8-6-18)2-4-16(15)9-13/h1-4,9-12H,5-8,17-18H2. The minimum Gasteiger partial charge on any atom is -0.329 e. The van der Waals surface area contributed by atoms with Crippen molar-refractivity contribution in [3.8, 4) is 0 Å². The Balaban J connectivity index is 2.20. The summed E-state index contributed by atoms with van der Waals surface area (Å²) in [5.74, 6) is 0. The maximum absolute atomic E-state index is 5.42. The van der Waals surface area contributed by atoms with E-state index in [1.54, 1.807) is 0 Å². The van der Waals surface area contributed by atoms with Crippen LogP contribution in [-0.4, -0.2) is 38.6 Å². The maximum atomic E-state index is 5.42. The Labute approximate surface area is 119 Å². The third kappa shape index (κ3) is 3.98. The summed E-state index contributed by atoms with van der Waals surface area (Å²) in [4.78, 5) is 8.50. The molecule has 4 nitrogen and oxygen atoms in total. The van der Waals surface area contributed by atoms with Gasteiger partial charge < -0.3 is 11.5 Å². The van der Waals surface area contributed by atoms with Crippen LogP contribution >= 0.6 is 0 Å². The summed E-state index contributed by atoms with van der Waals surface area (Å²) in [6, 6.07) is 12.6. The van der Waals surface area contributed by atoms with Gasteiger partial charge in [0.1, 0.15) is 0 Å².